The lowest BCUT2D eigenvalue weighted by atomic mass is 10.1. The number of rotatable bonds is 7. The second-order valence-electron chi connectivity index (χ2n) is 5.69. The molecule has 1 unspecified atom stereocenters. The molecule has 134 valence electrons. The standard InChI is InChI=1S/C18H22BrN3O2S/c1-3-5-15(16-6-4-9-25-16)22-18(24)20-11-17(23)21-14-8-7-13(19)10-12(14)2/h4,6-10,15H,3,5,11H2,1-2H3,(H,21,23)(H2,20,22,24). The molecule has 1 heterocycles. The van der Waals surface area contributed by atoms with E-state index < -0.39 is 0 Å². The van der Waals surface area contributed by atoms with Crippen LogP contribution in [0.15, 0.2) is 40.2 Å². The maximum Gasteiger partial charge on any atom is 0.315 e. The molecule has 0 bridgehead atoms. The summed E-state index contributed by atoms with van der Waals surface area (Å²) in [5.41, 5.74) is 1.69. The maximum atomic E-state index is 12.1. The molecule has 0 fully saturated rings. The highest BCUT2D eigenvalue weighted by Gasteiger charge is 2.15. The highest BCUT2D eigenvalue weighted by Crippen LogP contribution is 2.23. The van der Waals surface area contributed by atoms with Gasteiger partial charge in [0.15, 0.2) is 0 Å². The molecule has 0 aliphatic heterocycles. The minimum Gasteiger partial charge on any atom is -0.331 e. The van der Waals surface area contributed by atoms with E-state index in [1.54, 1.807) is 11.3 Å². The third-order valence-electron chi connectivity index (χ3n) is 3.64. The third-order valence-corrected chi connectivity index (χ3v) is 5.12. The molecule has 0 spiro atoms. The van der Waals surface area contributed by atoms with Gasteiger partial charge in [-0.25, -0.2) is 4.79 Å². The van der Waals surface area contributed by atoms with E-state index in [2.05, 4.69) is 38.8 Å². The van der Waals surface area contributed by atoms with Crippen LogP contribution >= 0.6 is 27.3 Å². The summed E-state index contributed by atoms with van der Waals surface area (Å²) in [5.74, 6) is -0.260. The fraction of sp³-hybridized carbons (Fsp3) is 0.333. The van der Waals surface area contributed by atoms with E-state index in [1.165, 1.54) is 0 Å². The first-order valence-electron chi connectivity index (χ1n) is 8.13. The molecular formula is C18H22BrN3O2S. The van der Waals surface area contributed by atoms with Gasteiger partial charge >= 0.3 is 6.03 Å². The van der Waals surface area contributed by atoms with Crippen LogP contribution in [-0.4, -0.2) is 18.5 Å². The van der Waals surface area contributed by atoms with E-state index >= 15 is 0 Å². The van der Waals surface area contributed by atoms with Gasteiger partial charge in [-0.15, -0.1) is 11.3 Å². The van der Waals surface area contributed by atoms with Crippen molar-refractivity contribution < 1.29 is 9.59 Å². The summed E-state index contributed by atoms with van der Waals surface area (Å²) in [6.45, 7) is 3.91. The van der Waals surface area contributed by atoms with Crippen LogP contribution in [0.25, 0.3) is 0 Å². The van der Waals surface area contributed by atoms with Gasteiger partial charge in [0.05, 0.1) is 12.6 Å². The van der Waals surface area contributed by atoms with Gasteiger partial charge in [0.1, 0.15) is 0 Å². The van der Waals surface area contributed by atoms with E-state index in [1.807, 2.05) is 42.6 Å². The van der Waals surface area contributed by atoms with Crippen LogP contribution < -0.4 is 16.0 Å². The Morgan fingerprint density at radius 3 is 2.72 bits per heavy atom. The van der Waals surface area contributed by atoms with Crippen LogP contribution in [0.3, 0.4) is 0 Å². The largest absolute Gasteiger partial charge is 0.331 e. The second-order valence-corrected chi connectivity index (χ2v) is 7.59. The molecule has 25 heavy (non-hydrogen) atoms. The number of amides is 3. The number of carbonyl (C=O) groups is 2. The highest BCUT2D eigenvalue weighted by molar-refractivity contribution is 9.10. The van der Waals surface area contributed by atoms with Crippen molar-refractivity contribution in [2.75, 3.05) is 11.9 Å². The van der Waals surface area contributed by atoms with Crippen LogP contribution in [0, 0.1) is 6.92 Å². The van der Waals surface area contributed by atoms with Crippen LogP contribution in [0.5, 0.6) is 0 Å². The number of hydrogen-bond acceptors (Lipinski definition) is 3. The molecule has 3 N–H and O–H groups in total. The number of halogens is 1. The minimum atomic E-state index is -0.338. The first kappa shape index (κ1) is 19.5. The van der Waals surface area contributed by atoms with Crippen molar-refractivity contribution >= 4 is 44.9 Å². The molecular weight excluding hydrogens is 402 g/mol. The third kappa shape index (κ3) is 6.17. The minimum absolute atomic E-state index is 0.0261. The summed E-state index contributed by atoms with van der Waals surface area (Å²) < 4.78 is 0.955. The van der Waals surface area contributed by atoms with Gasteiger partial charge in [-0.05, 0) is 48.6 Å². The Bertz CT molecular complexity index is 719. The topological polar surface area (TPSA) is 70.2 Å². The zero-order chi connectivity index (χ0) is 18.2. The molecule has 0 aliphatic carbocycles. The number of urea groups is 1. The lowest BCUT2D eigenvalue weighted by molar-refractivity contribution is -0.115. The molecule has 2 aromatic rings. The van der Waals surface area contributed by atoms with Gasteiger partial charge in [0, 0.05) is 15.0 Å². The molecule has 2 rings (SSSR count). The Morgan fingerprint density at radius 1 is 1.28 bits per heavy atom. The van der Waals surface area contributed by atoms with Crippen LogP contribution in [0.4, 0.5) is 10.5 Å². The summed E-state index contributed by atoms with van der Waals surface area (Å²) in [5, 5.41) is 10.3. The Kier molecular flexibility index (Phi) is 7.46. The highest BCUT2D eigenvalue weighted by atomic mass is 79.9. The first-order valence-corrected chi connectivity index (χ1v) is 9.80. The Labute approximate surface area is 160 Å². The zero-order valence-electron chi connectivity index (χ0n) is 14.3. The zero-order valence-corrected chi connectivity index (χ0v) is 16.7. The monoisotopic (exact) mass is 423 g/mol. The SMILES string of the molecule is CCCC(NC(=O)NCC(=O)Nc1ccc(Br)cc1C)c1cccs1. The predicted octanol–water partition coefficient (Wildman–Crippen LogP) is 4.60. The van der Waals surface area contributed by atoms with Crippen molar-refractivity contribution in [2.24, 2.45) is 0 Å². The molecule has 0 saturated carbocycles. The number of hydrogen-bond donors (Lipinski definition) is 3. The van der Waals surface area contributed by atoms with Crippen LogP contribution in [0.1, 0.15) is 36.2 Å². The van der Waals surface area contributed by atoms with E-state index in [9.17, 15) is 9.59 Å². The van der Waals surface area contributed by atoms with E-state index in [-0.39, 0.29) is 24.5 Å². The Morgan fingerprint density at radius 2 is 2.08 bits per heavy atom. The van der Waals surface area contributed by atoms with Crippen molar-refractivity contribution in [1.82, 2.24) is 10.6 Å². The quantitative estimate of drug-likeness (QED) is 0.608. The first-order chi connectivity index (χ1) is 12.0. The summed E-state index contributed by atoms with van der Waals surface area (Å²) >= 11 is 5.00. The van der Waals surface area contributed by atoms with Gasteiger partial charge in [0.25, 0.3) is 0 Å². The number of thiophene rings is 1. The fourth-order valence-electron chi connectivity index (χ4n) is 2.40. The number of benzene rings is 1. The normalized spacial score (nSPS) is 11.6. The molecule has 1 aromatic heterocycles. The summed E-state index contributed by atoms with van der Waals surface area (Å²) in [6, 6.07) is 9.22. The van der Waals surface area contributed by atoms with Crippen LogP contribution in [-0.2, 0) is 4.79 Å². The number of carbonyl (C=O) groups excluding carboxylic acids is 2. The maximum absolute atomic E-state index is 12.1. The average Bonchev–Trinajstić information content (AvgIpc) is 3.10. The molecule has 0 aliphatic rings. The second kappa shape index (κ2) is 9.58. The van der Waals surface area contributed by atoms with E-state index in [4.69, 9.17) is 0 Å². The molecule has 0 saturated heterocycles. The van der Waals surface area contributed by atoms with Gasteiger partial charge < -0.3 is 16.0 Å². The van der Waals surface area contributed by atoms with Crippen LogP contribution in [0.2, 0.25) is 0 Å². The van der Waals surface area contributed by atoms with Gasteiger partial charge in [-0.2, -0.15) is 0 Å². The fourth-order valence-corrected chi connectivity index (χ4v) is 3.68. The lowest BCUT2D eigenvalue weighted by Crippen LogP contribution is -2.41. The van der Waals surface area contributed by atoms with Gasteiger partial charge in [0.2, 0.25) is 5.91 Å². The van der Waals surface area contributed by atoms with Crippen molar-refractivity contribution in [3.63, 3.8) is 0 Å². The molecule has 1 aromatic carbocycles. The van der Waals surface area contributed by atoms with Gasteiger partial charge in [-0.3, -0.25) is 4.79 Å². The Balaban J connectivity index is 1.83. The summed E-state index contributed by atoms with van der Waals surface area (Å²) in [6.07, 6.45) is 1.82. The number of anilines is 1. The number of nitrogens with one attached hydrogen (secondary N) is 3. The van der Waals surface area contributed by atoms with Crippen molar-refractivity contribution in [3.05, 3.63) is 50.6 Å². The average molecular weight is 424 g/mol. The molecule has 3 amide bonds. The molecule has 1 atom stereocenters. The Hall–Kier alpha value is -1.86. The smallest absolute Gasteiger partial charge is 0.315 e. The molecule has 0 radical (unpaired) electrons. The van der Waals surface area contributed by atoms with E-state index in [0.717, 1.165) is 33.4 Å². The summed E-state index contributed by atoms with van der Waals surface area (Å²) in [4.78, 5) is 25.2. The lowest BCUT2D eigenvalue weighted by Gasteiger charge is -2.17. The van der Waals surface area contributed by atoms with Crippen molar-refractivity contribution in [3.8, 4) is 0 Å². The molecule has 7 heteroatoms. The summed E-state index contributed by atoms with van der Waals surface area (Å²) in [7, 11) is 0. The van der Waals surface area contributed by atoms with E-state index in [0.29, 0.717) is 0 Å². The number of aryl methyl sites for hydroxylation is 1. The van der Waals surface area contributed by atoms with Gasteiger partial charge in [-0.1, -0.05) is 35.3 Å². The predicted molar refractivity (Wildman–Crippen MR) is 106 cm³/mol. The van der Waals surface area contributed by atoms with Crippen molar-refractivity contribution in [2.45, 2.75) is 32.7 Å². The molecule has 5 nitrogen and oxygen atoms in total. The van der Waals surface area contributed by atoms with Crippen molar-refractivity contribution in [1.29, 1.82) is 0 Å².